The minimum atomic E-state index is -0.293. The standard InChI is InChI=1S/C23H27N3O5/c1-14-11-16(14)23(29)24-10-9-21(27)25-17-12-20(31-3)18(13-19(17)30-2)26-22(28)15-7-5-4-6-8-15/h4-8,12-14,16H,9-11H2,1-3H3,(H,24,29)(H,25,27)(H,26,28). The average Bonchev–Trinajstić information content (AvgIpc) is 3.51. The molecule has 0 heterocycles. The van der Waals surface area contributed by atoms with Crippen LogP contribution in [-0.4, -0.2) is 38.5 Å². The predicted molar refractivity (Wildman–Crippen MR) is 117 cm³/mol. The molecule has 8 heteroatoms. The molecule has 0 saturated heterocycles. The van der Waals surface area contributed by atoms with Gasteiger partial charge in [0, 0.05) is 36.6 Å². The van der Waals surface area contributed by atoms with Crippen LogP contribution in [0.5, 0.6) is 11.5 Å². The van der Waals surface area contributed by atoms with E-state index in [9.17, 15) is 14.4 Å². The number of rotatable bonds is 9. The Labute approximate surface area is 181 Å². The highest BCUT2D eigenvalue weighted by atomic mass is 16.5. The summed E-state index contributed by atoms with van der Waals surface area (Å²) in [6.45, 7) is 2.29. The summed E-state index contributed by atoms with van der Waals surface area (Å²) in [5.41, 5.74) is 1.32. The van der Waals surface area contributed by atoms with E-state index in [4.69, 9.17) is 9.47 Å². The van der Waals surface area contributed by atoms with Crippen molar-refractivity contribution in [2.75, 3.05) is 31.4 Å². The van der Waals surface area contributed by atoms with Crippen molar-refractivity contribution < 1.29 is 23.9 Å². The first-order valence-corrected chi connectivity index (χ1v) is 10.1. The summed E-state index contributed by atoms with van der Waals surface area (Å²) in [7, 11) is 2.94. The van der Waals surface area contributed by atoms with E-state index in [1.807, 2.05) is 13.0 Å². The lowest BCUT2D eigenvalue weighted by molar-refractivity contribution is -0.122. The van der Waals surface area contributed by atoms with Crippen molar-refractivity contribution in [1.82, 2.24) is 5.32 Å². The molecule has 8 nitrogen and oxygen atoms in total. The molecule has 0 aliphatic heterocycles. The molecule has 3 amide bonds. The van der Waals surface area contributed by atoms with Crippen LogP contribution in [0.4, 0.5) is 11.4 Å². The maximum absolute atomic E-state index is 12.5. The molecule has 1 aliphatic rings. The second kappa shape index (κ2) is 9.97. The van der Waals surface area contributed by atoms with Gasteiger partial charge in [0.15, 0.2) is 0 Å². The molecule has 1 aliphatic carbocycles. The molecule has 0 aromatic heterocycles. The molecule has 164 valence electrons. The van der Waals surface area contributed by atoms with E-state index < -0.39 is 0 Å². The lowest BCUT2D eigenvalue weighted by Gasteiger charge is -2.16. The normalized spacial score (nSPS) is 16.7. The molecular weight excluding hydrogens is 398 g/mol. The van der Waals surface area contributed by atoms with E-state index >= 15 is 0 Å². The summed E-state index contributed by atoms with van der Waals surface area (Å²) in [6.07, 6.45) is 1.03. The molecule has 0 bridgehead atoms. The van der Waals surface area contributed by atoms with E-state index in [0.717, 1.165) is 6.42 Å². The Morgan fingerprint density at radius 1 is 0.968 bits per heavy atom. The fourth-order valence-corrected chi connectivity index (χ4v) is 3.21. The van der Waals surface area contributed by atoms with Gasteiger partial charge in [0.2, 0.25) is 11.8 Å². The first-order valence-electron chi connectivity index (χ1n) is 10.1. The van der Waals surface area contributed by atoms with Crippen LogP contribution in [0.25, 0.3) is 0 Å². The number of benzene rings is 2. The fourth-order valence-electron chi connectivity index (χ4n) is 3.21. The summed E-state index contributed by atoms with van der Waals surface area (Å²) >= 11 is 0. The number of hydrogen-bond donors (Lipinski definition) is 3. The summed E-state index contributed by atoms with van der Waals surface area (Å²) < 4.78 is 10.8. The van der Waals surface area contributed by atoms with Gasteiger partial charge in [-0.25, -0.2) is 0 Å². The van der Waals surface area contributed by atoms with Crippen molar-refractivity contribution in [1.29, 1.82) is 0 Å². The number of ether oxygens (including phenoxy) is 2. The molecule has 2 aromatic rings. The van der Waals surface area contributed by atoms with Gasteiger partial charge in [-0.1, -0.05) is 25.1 Å². The van der Waals surface area contributed by atoms with Crippen LogP contribution >= 0.6 is 0 Å². The van der Waals surface area contributed by atoms with Crippen LogP contribution in [0.3, 0.4) is 0 Å². The highest BCUT2D eigenvalue weighted by Gasteiger charge is 2.38. The zero-order chi connectivity index (χ0) is 22.4. The summed E-state index contributed by atoms with van der Waals surface area (Å²) in [5, 5.41) is 8.35. The highest BCUT2D eigenvalue weighted by Crippen LogP contribution is 2.38. The molecule has 0 spiro atoms. The molecular formula is C23H27N3O5. The molecule has 3 rings (SSSR count). The lowest BCUT2D eigenvalue weighted by atomic mass is 10.2. The monoisotopic (exact) mass is 425 g/mol. The Morgan fingerprint density at radius 2 is 1.55 bits per heavy atom. The summed E-state index contributed by atoms with van der Waals surface area (Å²) in [4.78, 5) is 36.7. The van der Waals surface area contributed by atoms with Crippen LogP contribution in [0.1, 0.15) is 30.1 Å². The van der Waals surface area contributed by atoms with E-state index in [2.05, 4.69) is 16.0 Å². The Kier molecular flexibility index (Phi) is 7.12. The van der Waals surface area contributed by atoms with Crippen LogP contribution in [-0.2, 0) is 9.59 Å². The third-order valence-corrected chi connectivity index (χ3v) is 5.18. The van der Waals surface area contributed by atoms with Gasteiger partial charge in [0.25, 0.3) is 5.91 Å². The molecule has 2 unspecified atom stereocenters. The molecule has 2 atom stereocenters. The Hall–Kier alpha value is -3.55. The number of methoxy groups -OCH3 is 2. The molecule has 1 saturated carbocycles. The molecule has 1 fully saturated rings. The van der Waals surface area contributed by atoms with Gasteiger partial charge < -0.3 is 25.4 Å². The first-order chi connectivity index (χ1) is 14.9. The van der Waals surface area contributed by atoms with Crippen molar-refractivity contribution in [3.05, 3.63) is 48.0 Å². The van der Waals surface area contributed by atoms with Crippen molar-refractivity contribution in [3.8, 4) is 11.5 Å². The molecule has 2 aromatic carbocycles. The van der Waals surface area contributed by atoms with Gasteiger partial charge in [-0.3, -0.25) is 14.4 Å². The number of carbonyl (C=O) groups excluding carboxylic acids is 3. The van der Waals surface area contributed by atoms with Crippen molar-refractivity contribution in [2.24, 2.45) is 11.8 Å². The smallest absolute Gasteiger partial charge is 0.255 e. The Morgan fingerprint density at radius 3 is 2.10 bits per heavy atom. The maximum Gasteiger partial charge on any atom is 0.255 e. The Bertz CT molecular complexity index is 961. The number of carbonyl (C=O) groups is 3. The predicted octanol–water partition coefficient (Wildman–Crippen LogP) is 3.06. The largest absolute Gasteiger partial charge is 0.494 e. The van der Waals surface area contributed by atoms with Crippen molar-refractivity contribution >= 4 is 29.1 Å². The lowest BCUT2D eigenvalue weighted by Crippen LogP contribution is -2.29. The van der Waals surface area contributed by atoms with Gasteiger partial charge in [0.05, 0.1) is 25.6 Å². The molecule has 0 radical (unpaired) electrons. The van der Waals surface area contributed by atoms with Crippen molar-refractivity contribution in [2.45, 2.75) is 19.8 Å². The van der Waals surface area contributed by atoms with Gasteiger partial charge in [-0.15, -0.1) is 0 Å². The minimum Gasteiger partial charge on any atom is -0.494 e. The van der Waals surface area contributed by atoms with E-state index in [0.29, 0.717) is 34.4 Å². The third-order valence-electron chi connectivity index (χ3n) is 5.18. The SMILES string of the molecule is COc1cc(NC(=O)c2ccccc2)c(OC)cc1NC(=O)CCNC(=O)C1CC1C. The second-order valence-electron chi connectivity index (χ2n) is 7.48. The van der Waals surface area contributed by atoms with Gasteiger partial charge in [-0.2, -0.15) is 0 Å². The average molecular weight is 425 g/mol. The number of anilines is 2. The van der Waals surface area contributed by atoms with Crippen LogP contribution < -0.4 is 25.4 Å². The van der Waals surface area contributed by atoms with E-state index in [-0.39, 0.29) is 36.6 Å². The van der Waals surface area contributed by atoms with E-state index in [1.54, 1.807) is 36.4 Å². The van der Waals surface area contributed by atoms with Gasteiger partial charge in [0.1, 0.15) is 11.5 Å². The first kappa shape index (κ1) is 22.1. The second-order valence-corrected chi connectivity index (χ2v) is 7.48. The Balaban J connectivity index is 1.64. The summed E-state index contributed by atoms with van der Waals surface area (Å²) in [6, 6.07) is 12.0. The quantitative estimate of drug-likeness (QED) is 0.573. The zero-order valence-corrected chi connectivity index (χ0v) is 17.9. The van der Waals surface area contributed by atoms with E-state index in [1.165, 1.54) is 14.2 Å². The fraction of sp³-hybridized carbons (Fsp3) is 0.348. The molecule has 3 N–H and O–H groups in total. The number of nitrogens with one attached hydrogen (secondary N) is 3. The van der Waals surface area contributed by atoms with Gasteiger partial charge >= 0.3 is 0 Å². The topological polar surface area (TPSA) is 106 Å². The van der Waals surface area contributed by atoms with Crippen LogP contribution in [0.2, 0.25) is 0 Å². The van der Waals surface area contributed by atoms with Crippen molar-refractivity contribution in [3.63, 3.8) is 0 Å². The highest BCUT2D eigenvalue weighted by molar-refractivity contribution is 6.05. The number of amides is 3. The maximum atomic E-state index is 12.5. The summed E-state index contributed by atoms with van der Waals surface area (Å²) in [5.74, 6) is 0.671. The zero-order valence-electron chi connectivity index (χ0n) is 17.9. The van der Waals surface area contributed by atoms with Crippen LogP contribution in [0.15, 0.2) is 42.5 Å². The minimum absolute atomic E-state index is 0.00180. The third kappa shape index (κ3) is 5.75. The van der Waals surface area contributed by atoms with Gasteiger partial charge in [-0.05, 0) is 24.5 Å². The number of hydrogen-bond acceptors (Lipinski definition) is 5. The van der Waals surface area contributed by atoms with Crippen LogP contribution in [0, 0.1) is 11.8 Å². The molecule has 31 heavy (non-hydrogen) atoms.